The zero-order valence-electron chi connectivity index (χ0n) is 10.8. The molecule has 1 unspecified atom stereocenters. The fourth-order valence-corrected chi connectivity index (χ4v) is 2.00. The van der Waals surface area contributed by atoms with Crippen molar-refractivity contribution in [3.8, 4) is 0 Å². The monoisotopic (exact) mass is 278 g/mol. The van der Waals surface area contributed by atoms with E-state index < -0.39 is 22.8 Å². The van der Waals surface area contributed by atoms with Crippen molar-refractivity contribution >= 4 is 17.6 Å². The van der Waals surface area contributed by atoms with Gasteiger partial charge in [0.05, 0.1) is 4.92 Å². The molecule has 2 N–H and O–H groups in total. The molecule has 7 nitrogen and oxygen atoms in total. The fourth-order valence-electron chi connectivity index (χ4n) is 2.00. The smallest absolute Gasteiger partial charge is 0.326 e. The number of benzene rings is 1. The largest absolute Gasteiger partial charge is 0.480 e. The molecule has 20 heavy (non-hydrogen) atoms. The van der Waals surface area contributed by atoms with Gasteiger partial charge in [0.2, 0.25) is 0 Å². The van der Waals surface area contributed by atoms with Crippen molar-refractivity contribution in [3.05, 3.63) is 39.4 Å². The van der Waals surface area contributed by atoms with Crippen molar-refractivity contribution in [3.63, 3.8) is 0 Å². The molecule has 1 aromatic rings. The summed E-state index contributed by atoms with van der Waals surface area (Å²) in [6.45, 7) is 1.64. The fraction of sp³-hybridized carbons (Fsp3) is 0.385. The number of carboxylic acids is 1. The molecule has 0 aliphatic heterocycles. The highest BCUT2D eigenvalue weighted by atomic mass is 16.6. The summed E-state index contributed by atoms with van der Waals surface area (Å²) >= 11 is 0. The van der Waals surface area contributed by atoms with E-state index in [2.05, 4.69) is 5.32 Å². The molecular formula is C13H14N2O5. The Hall–Kier alpha value is -2.44. The number of carbonyl (C=O) groups excluding carboxylic acids is 1. The predicted molar refractivity (Wildman–Crippen MR) is 69.4 cm³/mol. The third kappa shape index (κ3) is 2.93. The molecule has 0 heterocycles. The summed E-state index contributed by atoms with van der Waals surface area (Å²) in [5.74, 6) is -1.72. The van der Waals surface area contributed by atoms with Crippen LogP contribution in [0.2, 0.25) is 0 Å². The molecule has 1 aliphatic carbocycles. The summed E-state index contributed by atoms with van der Waals surface area (Å²) < 4.78 is 0. The molecule has 0 aromatic heterocycles. The van der Waals surface area contributed by atoms with E-state index in [1.165, 1.54) is 12.1 Å². The first kappa shape index (κ1) is 14.0. The van der Waals surface area contributed by atoms with Crippen LogP contribution in [0.5, 0.6) is 0 Å². The Morgan fingerprint density at radius 1 is 1.45 bits per heavy atom. The Kier molecular flexibility index (Phi) is 3.69. The van der Waals surface area contributed by atoms with Gasteiger partial charge >= 0.3 is 5.97 Å². The Morgan fingerprint density at radius 3 is 2.60 bits per heavy atom. The molecule has 1 atom stereocenters. The number of amides is 1. The SMILES string of the molecule is Cc1ccc([N+](=O)[O-])cc1C(=O)NC(C(=O)O)C1CC1. The summed E-state index contributed by atoms with van der Waals surface area (Å²) in [5.41, 5.74) is 0.498. The van der Waals surface area contributed by atoms with Crippen molar-refractivity contribution in [2.24, 2.45) is 5.92 Å². The lowest BCUT2D eigenvalue weighted by Crippen LogP contribution is -2.42. The average molecular weight is 278 g/mol. The van der Waals surface area contributed by atoms with Gasteiger partial charge in [-0.25, -0.2) is 4.79 Å². The predicted octanol–water partition coefficient (Wildman–Crippen LogP) is 1.50. The first-order valence-corrected chi connectivity index (χ1v) is 6.19. The number of nitro benzene ring substituents is 1. The number of hydrogen-bond donors (Lipinski definition) is 2. The van der Waals surface area contributed by atoms with Crippen LogP contribution in [-0.2, 0) is 4.79 Å². The molecule has 7 heteroatoms. The maximum atomic E-state index is 12.1. The normalized spacial score (nSPS) is 15.4. The number of nitro groups is 1. The van der Waals surface area contributed by atoms with E-state index in [4.69, 9.17) is 5.11 Å². The first-order chi connectivity index (χ1) is 9.40. The number of carbonyl (C=O) groups is 2. The van der Waals surface area contributed by atoms with Crippen molar-refractivity contribution < 1.29 is 19.6 Å². The molecule has 1 fully saturated rings. The Morgan fingerprint density at radius 2 is 2.10 bits per heavy atom. The minimum atomic E-state index is -1.08. The highest BCUT2D eigenvalue weighted by Gasteiger charge is 2.37. The second kappa shape index (κ2) is 5.28. The van der Waals surface area contributed by atoms with E-state index in [1.54, 1.807) is 6.92 Å². The van der Waals surface area contributed by atoms with Crippen LogP contribution in [0.1, 0.15) is 28.8 Å². The molecule has 1 amide bonds. The van der Waals surface area contributed by atoms with E-state index >= 15 is 0 Å². The number of aryl methyl sites for hydroxylation is 1. The van der Waals surface area contributed by atoms with Crippen LogP contribution in [0.15, 0.2) is 18.2 Å². The third-order valence-corrected chi connectivity index (χ3v) is 3.32. The van der Waals surface area contributed by atoms with Gasteiger partial charge in [-0.3, -0.25) is 14.9 Å². The second-order valence-electron chi connectivity index (χ2n) is 4.88. The molecule has 1 saturated carbocycles. The molecule has 0 bridgehead atoms. The number of hydrogen-bond acceptors (Lipinski definition) is 4. The van der Waals surface area contributed by atoms with Gasteiger partial charge in [0.1, 0.15) is 6.04 Å². The van der Waals surface area contributed by atoms with Crippen molar-refractivity contribution in [2.75, 3.05) is 0 Å². The Balaban J connectivity index is 2.21. The quantitative estimate of drug-likeness (QED) is 0.626. The van der Waals surface area contributed by atoms with Crippen molar-refractivity contribution in [1.82, 2.24) is 5.32 Å². The van der Waals surface area contributed by atoms with E-state index in [1.807, 2.05) is 0 Å². The minimum Gasteiger partial charge on any atom is -0.480 e. The van der Waals surface area contributed by atoms with Crippen LogP contribution >= 0.6 is 0 Å². The number of nitrogens with one attached hydrogen (secondary N) is 1. The van der Waals surface area contributed by atoms with Gasteiger partial charge in [-0.1, -0.05) is 6.07 Å². The summed E-state index contributed by atoms with van der Waals surface area (Å²) in [5, 5.41) is 22.2. The highest BCUT2D eigenvalue weighted by Crippen LogP contribution is 2.33. The summed E-state index contributed by atoms with van der Waals surface area (Å²) in [4.78, 5) is 33.3. The minimum absolute atomic E-state index is 0.0459. The summed E-state index contributed by atoms with van der Waals surface area (Å²) in [6, 6.07) is 3.01. The van der Waals surface area contributed by atoms with Gasteiger partial charge in [0, 0.05) is 17.7 Å². The topological polar surface area (TPSA) is 110 Å². The molecule has 106 valence electrons. The van der Waals surface area contributed by atoms with Gasteiger partial charge in [0.15, 0.2) is 0 Å². The molecule has 2 rings (SSSR count). The van der Waals surface area contributed by atoms with Crippen molar-refractivity contribution in [2.45, 2.75) is 25.8 Å². The van der Waals surface area contributed by atoms with E-state index in [-0.39, 0.29) is 17.2 Å². The van der Waals surface area contributed by atoms with Crippen LogP contribution in [-0.4, -0.2) is 27.9 Å². The van der Waals surface area contributed by atoms with E-state index in [9.17, 15) is 19.7 Å². The number of non-ortho nitro benzene ring substituents is 1. The zero-order valence-corrected chi connectivity index (χ0v) is 10.8. The zero-order chi connectivity index (χ0) is 14.9. The molecule has 1 aromatic carbocycles. The molecule has 1 aliphatic rings. The van der Waals surface area contributed by atoms with Gasteiger partial charge in [-0.15, -0.1) is 0 Å². The number of carboxylic acid groups (broad SMARTS) is 1. The van der Waals surface area contributed by atoms with Gasteiger partial charge in [-0.05, 0) is 31.2 Å². The second-order valence-corrected chi connectivity index (χ2v) is 4.88. The van der Waals surface area contributed by atoms with Crippen LogP contribution in [0.3, 0.4) is 0 Å². The van der Waals surface area contributed by atoms with Gasteiger partial charge < -0.3 is 10.4 Å². The third-order valence-electron chi connectivity index (χ3n) is 3.32. The van der Waals surface area contributed by atoms with Crippen LogP contribution in [0.25, 0.3) is 0 Å². The van der Waals surface area contributed by atoms with Gasteiger partial charge in [-0.2, -0.15) is 0 Å². The Labute approximate surface area is 114 Å². The average Bonchev–Trinajstić information content (AvgIpc) is 3.19. The van der Waals surface area contributed by atoms with Crippen LogP contribution in [0, 0.1) is 23.0 Å². The number of nitrogens with zero attached hydrogens (tertiary/aromatic N) is 1. The lowest BCUT2D eigenvalue weighted by atomic mass is 10.1. The molecule has 0 saturated heterocycles. The highest BCUT2D eigenvalue weighted by molar-refractivity contribution is 5.98. The first-order valence-electron chi connectivity index (χ1n) is 6.19. The lowest BCUT2D eigenvalue weighted by molar-refractivity contribution is -0.384. The molecule has 0 radical (unpaired) electrons. The van der Waals surface area contributed by atoms with Crippen molar-refractivity contribution in [1.29, 1.82) is 0 Å². The summed E-state index contributed by atoms with van der Waals surface area (Å²) in [6.07, 6.45) is 1.54. The Bertz CT molecular complexity index is 580. The maximum Gasteiger partial charge on any atom is 0.326 e. The standard InChI is InChI=1S/C13H14N2O5/c1-7-2-5-9(15(19)20)6-10(7)12(16)14-11(13(17)18)8-3-4-8/h2,5-6,8,11H,3-4H2,1H3,(H,14,16)(H,17,18). The lowest BCUT2D eigenvalue weighted by Gasteiger charge is -2.14. The molecule has 0 spiro atoms. The van der Waals surface area contributed by atoms with Gasteiger partial charge in [0.25, 0.3) is 11.6 Å². The number of rotatable bonds is 5. The van der Waals surface area contributed by atoms with Crippen LogP contribution < -0.4 is 5.32 Å². The van der Waals surface area contributed by atoms with E-state index in [0.29, 0.717) is 5.56 Å². The van der Waals surface area contributed by atoms with Crippen LogP contribution in [0.4, 0.5) is 5.69 Å². The number of aliphatic carboxylic acids is 1. The summed E-state index contributed by atoms with van der Waals surface area (Å²) in [7, 11) is 0. The molecular weight excluding hydrogens is 264 g/mol. The maximum absolute atomic E-state index is 12.1. The van der Waals surface area contributed by atoms with E-state index in [0.717, 1.165) is 18.9 Å².